The Morgan fingerprint density at radius 3 is 3.11 bits per heavy atom. The zero-order chi connectivity index (χ0) is 13.7. The number of hydrogen-bond acceptors (Lipinski definition) is 3. The van der Waals surface area contributed by atoms with Gasteiger partial charge in [0.1, 0.15) is 0 Å². The van der Waals surface area contributed by atoms with E-state index in [1.807, 2.05) is 23.9 Å². The van der Waals surface area contributed by atoms with Crippen LogP contribution in [0, 0.1) is 0 Å². The summed E-state index contributed by atoms with van der Waals surface area (Å²) >= 11 is 1.86. The molecule has 0 saturated heterocycles. The number of benzene rings is 1. The van der Waals surface area contributed by atoms with E-state index >= 15 is 0 Å². The fourth-order valence-corrected chi connectivity index (χ4v) is 3.45. The summed E-state index contributed by atoms with van der Waals surface area (Å²) in [6.07, 6.45) is 3.83. The lowest BCUT2D eigenvalue weighted by atomic mass is 10.0. The average Bonchev–Trinajstić information content (AvgIpc) is 2.45. The van der Waals surface area contributed by atoms with Crippen molar-refractivity contribution in [3.63, 3.8) is 0 Å². The summed E-state index contributed by atoms with van der Waals surface area (Å²) in [6.45, 7) is 2.11. The van der Waals surface area contributed by atoms with Gasteiger partial charge < -0.3 is 11.1 Å². The molecule has 0 spiro atoms. The Balaban J connectivity index is 1.98. The van der Waals surface area contributed by atoms with Crippen molar-refractivity contribution < 1.29 is 4.79 Å². The molecule has 1 aliphatic heterocycles. The predicted octanol–water partition coefficient (Wildman–Crippen LogP) is 2.86. The Bertz CT molecular complexity index is 436. The lowest BCUT2D eigenvalue weighted by Gasteiger charge is -2.27. The van der Waals surface area contributed by atoms with Crippen molar-refractivity contribution >= 4 is 17.7 Å². The first-order valence-corrected chi connectivity index (χ1v) is 7.98. The van der Waals surface area contributed by atoms with Gasteiger partial charge in [0.15, 0.2) is 0 Å². The van der Waals surface area contributed by atoms with E-state index in [0.29, 0.717) is 0 Å². The molecule has 19 heavy (non-hydrogen) atoms. The summed E-state index contributed by atoms with van der Waals surface area (Å²) in [5.41, 5.74) is 7.15. The van der Waals surface area contributed by atoms with E-state index < -0.39 is 0 Å². The van der Waals surface area contributed by atoms with Crippen LogP contribution in [0.1, 0.15) is 44.2 Å². The highest BCUT2D eigenvalue weighted by molar-refractivity contribution is 7.99. The van der Waals surface area contributed by atoms with Crippen LogP contribution >= 0.6 is 11.8 Å². The van der Waals surface area contributed by atoms with Gasteiger partial charge in [-0.05, 0) is 24.5 Å². The van der Waals surface area contributed by atoms with Crippen molar-refractivity contribution in [1.29, 1.82) is 0 Å². The van der Waals surface area contributed by atoms with Crippen molar-refractivity contribution in [2.75, 3.05) is 5.75 Å². The monoisotopic (exact) mass is 278 g/mol. The van der Waals surface area contributed by atoms with Gasteiger partial charge in [-0.2, -0.15) is 0 Å². The number of thioether (sulfide) groups is 1. The molecular formula is C15H22N2OS. The third-order valence-electron chi connectivity index (χ3n) is 3.48. The molecule has 2 atom stereocenters. The molecule has 2 unspecified atom stereocenters. The van der Waals surface area contributed by atoms with Gasteiger partial charge in [-0.3, -0.25) is 4.79 Å². The van der Waals surface area contributed by atoms with Gasteiger partial charge in [0, 0.05) is 10.6 Å². The van der Waals surface area contributed by atoms with Gasteiger partial charge in [0.2, 0.25) is 5.91 Å². The topological polar surface area (TPSA) is 55.1 Å². The lowest BCUT2D eigenvalue weighted by Crippen LogP contribution is -2.42. The summed E-state index contributed by atoms with van der Waals surface area (Å²) in [4.78, 5) is 13.4. The van der Waals surface area contributed by atoms with Crippen LogP contribution in [0.3, 0.4) is 0 Å². The maximum absolute atomic E-state index is 12.1. The molecule has 1 aromatic rings. The first kappa shape index (κ1) is 14.4. The number of fused-ring (bicyclic) bond motifs is 1. The van der Waals surface area contributed by atoms with Crippen LogP contribution in [-0.4, -0.2) is 17.7 Å². The molecule has 0 saturated carbocycles. The van der Waals surface area contributed by atoms with Crippen LogP contribution in [0.2, 0.25) is 0 Å². The number of nitrogens with two attached hydrogens (primary N) is 1. The molecule has 3 N–H and O–H groups in total. The van der Waals surface area contributed by atoms with Crippen LogP contribution in [0.5, 0.6) is 0 Å². The molecular weight excluding hydrogens is 256 g/mol. The molecule has 1 amide bonds. The SMILES string of the molecule is CCCCC(N)C(=O)NC1CCSc2ccccc21. The second kappa shape index (κ2) is 6.96. The minimum absolute atomic E-state index is 0.0137. The van der Waals surface area contributed by atoms with Gasteiger partial charge in [-0.15, -0.1) is 11.8 Å². The summed E-state index contributed by atoms with van der Waals surface area (Å²) in [6, 6.07) is 8.04. The van der Waals surface area contributed by atoms with Gasteiger partial charge in [0.25, 0.3) is 0 Å². The third-order valence-corrected chi connectivity index (χ3v) is 4.60. The average molecular weight is 278 g/mol. The van der Waals surface area contributed by atoms with E-state index in [-0.39, 0.29) is 18.0 Å². The first-order valence-electron chi connectivity index (χ1n) is 7.00. The zero-order valence-electron chi connectivity index (χ0n) is 11.4. The van der Waals surface area contributed by atoms with Crippen LogP contribution in [0.25, 0.3) is 0 Å². The van der Waals surface area contributed by atoms with Crippen LogP contribution < -0.4 is 11.1 Å². The molecule has 4 heteroatoms. The second-order valence-electron chi connectivity index (χ2n) is 4.98. The Morgan fingerprint density at radius 1 is 1.53 bits per heavy atom. The number of unbranched alkanes of at least 4 members (excludes halogenated alkanes) is 1. The molecule has 104 valence electrons. The van der Waals surface area contributed by atoms with Gasteiger partial charge in [0.05, 0.1) is 12.1 Å². The highest BCUT2D eigenvalue weighted by Gasteiger charge is 2.23. The van der Waals surface area contributed by atoms with E-state index in [1.165, 1.54) is 10.5 Å². The maximum Gasteiger partial charge on any atom is 0.237 e. The van der Waals surface area contributed by atoms with Crippen molar-refractivity contribution in [3.8, 4) is 0 Å². The Kier molecular flexibility index (Phi) is 5.28. The molecule has 0 fully saturated rings. The van der Waals surface area contributed by atoms with Crippen LogP contribution in [0.15, 0.2) is 29.2 Å². The number of carbonyl (C=O) groups excluding carboxylic acids is 1. The minimum atomic E-state index is -0.373. The number of carbonyl (C=O) groups is 1. The van der Waals surface area contributed by atoms with Crippen molar-refractivity contribution in [2.45, 2.75) is 49.6 Å². The van der Waals surface area contributed by atoms with Gasteiger partial charge in [-0.1, -0.05) is 38.0 Å². The highest BCUT2D eigenvalue weighted by Crippen LogP contribution is 2.35. The minimum Gasteiger partial charge on any atom is -0.348 e. The summed E-state index contributed by atoms with van der Waals surface area (Å²) < 4.78 is 0. The number of hydrogen-bond donors (Lipinski definition) is 2. The second-order valence-corrected chi connectivity index (χ2v) is 6.12. The fraction of sp³-hybridized carbons (Fsp3) is 0.533. The molecule has 1 aromatic carbocycles. The number of amides is 1. The van der Waals surface area contributed by atoms with Crippen molar-refractivity contribution in [3.05, 3.63) is 29.8 Å². The summed E-state index contributed by atoms with van der Waals surface area (Å²) in [5, 5.41) is 3.11. The molecule has 3 nitrogen and oxygen atoms in total. The van der Waals surface area contributed by atoms with Crippen LogP contribution in [0.4, 0.5) is 0 Å². The Hall–Kier alpha value is -1.00. The standard InChI is InChI=1S/C15H22N2OS/c1-2-3-7-12(16)15(18)17-13-9-10-19-14-8-5-4-6-11(13)14/h4-6,8,12-13H,2-3,7,9-10,16H2,1H3,(H,17,18). The largest absolute Gasteiger partial charge is 0.348 e. The molecule has 2 rings (SSSR count). The van der Waals surface area contributed by atoms with Crippen molar-refractivity contribution in [1.82, 2.24) is 5.32 Å². The Morgan fingerprint density at radius 2 is 2.32 bits per heavy atom. The molecule has 0 aromatic heterocycles. The predicted molar refractivity (Wildman–Crippen MR) is 80.2 cm³/mol. The molecule has 1 heterocycles. The first-order chi connectivity index (χ1) is 9.22. The summed E-state index contributed by atoms with van der Waals surface area (Å²) in [5.74, 6) is 1.03. The quantitative estimate of drug-likeness (QED) is 0.871. The molecule has 0 radical (unpaired) electrons. The van der Waals surface area contributed by atoms with E-state index in [9.17, 15) is 4.79 Å². The third kappa shape index (κ3) is 3.74. The molecule has 1 aliphatic rings. The van der Waals surface area contributed by atoms with E-state index in [1.54, 1.807) is 0 Å². The Labute approximate surface area is 119 Å². The lowest BCUT2D eigenvalue weighted by molar-refractivity contribution is -0.123. The van der Waals surface area contributed by atoms with Gasteiger partial charge in [-0.25, -0.2) is 0 Å². The van der Waals surface area contributed by atoms with Crippen LogP contribution in [-0.2, 0) is 4.79 Å². The van der Waals surface area contributed by atoms with E-state index in [2.05, 4.69) is 24.4 Å². The van der Waals surface area contributed by atoms with E-state index in [4.69, 9.17) is 5.73 Å². The van der Waals surface area contributed by atoms with Gasteiger partial charge >= 0.3 is 0 Å². The van der Waals surface area contributed by atoms with E-state index in [0.717, 1.165) is 31.4 Å². The number of rotatable bonds is 5. The summed E-state index contributed by atoms with van der Waals surface area (Å²) in [7, 11) is 0. The highest BCUT2D eigenvalue weighted by atomic mass is 32.2. The maximum atomic E-state index is 12.1. The normalized spacial score (nSPS) is 19.6. The number of nitrogens with one attached hydrogen (secondary N) is 1. The molecule has 0 aliphatic carbocycles. The zero-order valence-corrected chi connectivity index (χ0v) is 12.2. The fourth-order valence-electron chi connectivity index (χ4n) is 2.33. The van der Waals surface area contributed by atoms with Crippen molar-refractivity contribution in [2.24, 2.45) is 5.73 Å². The molecule has 0 bridgehead atoms. The smallest absolute Gasteiger partial charge is 0.237 e.